The molecule has 2 aliphatic heterocycles. The van der Waals surface area contributed by atoms with Crippen LogP contribution in [0.1, 0.15) is 22.7 Å². The summed E-state index contributed by atoms with van der Waals surface area (Å²) in [5, 5.41) is 2.96. The lowest BCUT2D eigenvalue weighted by atomic mass is 9.95. The van der Waals surface area contributed by atoms with Gasteiger partial charge in [0.25, 0.3) is 5.91 Å². The van der Waals surface area contributed by atoms with Crippen LogP contribution in [0.4, 0.5) is 10.5 Å². The summed E-state index contributed by atoms with van der Waals surface area (Å²) in [6.45, 7) is 4.46. The van der Waals surface area contributed by atoms with Gasteiger partial charge in [-0.05, 0) is 54.8 Å². The fraction of sp³-hybridized carbons (Fsp3) is 0.273. The molecule has 0 aliphatic carbocycles. The largest absolute Gasteiger partial charge is 0.497 e. The van der Waals surface area contributed by atoms with E-state index < -0.39 is 6.04 Å². The number of hydrogen-bond acceptors (Lipinski definition) is 3. The van der Waals surface area contributed by atoms with E-state index >= 15 is 0 Å². The van der Waals surface area contributed by atoms with Crippen LogP contribution in [-0.4, -0.2) is 37.5 Å². The first-order valence-electron chi connectivity index (χ1n) is 9.21. The van der Waals surface area contributed by atoms with Gasteiger partial charge in [0, 0.05) is 12.7 Å². The molecule has 28 heavy (non-hydrogen) atoms. The molecule has 1 N–H and O–H groups in total. The highest BCUT2D eigenvalue weighted by Gasteiger charge is 2.43. The van der Waals surface area contributed by atoms with E-state index in [0.717, 1.165) is 28.3 Å². The van der Waals surface area contributed by atoms with Crippen LogP contribution in [0.5, 0.6) is 5.75 Å². The number of carbonyl (C=O) groups excluding carboxylic acids is 2. The molecule has 6 heteroatoms. The first-order valence-corrected chi connectivity index (χ1v) is 9.21. The van der Waals surface area contributed by atoms with Crippen molar-refractivity contribution in [3.05, 3.63) is 70.4 Å². The minimum absolute atomic E-state index is 0.0779. The van der Waals surface area contributed by atoms with E-state index in [1.807, 2.05) is 56.3 Å². The fourth-order valence-corrected chi connectivity index (χ4v) is 3.72. The zero-order chi connectivity index (χ0) is 20.0. The number of benzene rings is 2. The van der Waals surface area contributed by atoms with Gasteiger partial charge in [0.2, 0.25) is 0 Å². The Labute approximate surface area is 164 Å². The molecular weight excluding hydrogens is 354 g/mol. The van der Waals surface area contributed by atoms with E-state index in [9.17, 15) is 9.59 Å². The number of carbonyl (C=O) groups is 2. The minimum Gasteiger partial charge on any atom is -0.497 e. The number of aryl methyl sites for hydroxylation is 2. The van der Waals surface area contributed by atoms with Gasteiger partial charge in [0.05, 0.1) is 31.0 Å². The second-order valence-electron chi connectivity index (χ2n) is 7.23. The van der Waals surface area contributed by atoms with Crippen molar-refractivity contribution < 1.29 is 14.3 Å². The molecule has 0 aromatic heterocycles. The number of hydrogen-bond donors (Lipinski definition) is 1. The molecule has 144 valence electrons. The first kappa shape index (κ1) is 18.1. The molecule has 2 aliphatic rings. The maximum absolute atomic E-state index is 13.4. The van der Waals surface area contributed by atoms with Gasteiger partial charge in [-0.1, -0.05) is 18.2 Å². The predicted octanol–water partition coefficient (Wildman–Crippen LogP) is 3.31. The number of nitrogens with zero attached hydrogens (tertiary/aromatic N) is 2. The van der Waals surface area contributed by atoms with Crippen LogP contribution in [0.2, 0.25) is 0 Å². The summed E-state index contributed by atoms with van der Waals surface area (Å²) < 4.78 is 5.22. The van der Waals surface area contributed by atoms with Gasteiger partial charge >= 0.3 is 6.03 Å². The Morgan fingerprint density at radius 2 is 1.75 bits per heavy atom. The Hall–Kier alpha value is -3.28. The fourth-order valence-electron chi connectivity index (χ4n) is 3.72. The third kappa shape index (κ3) is 2.81. The van der Waals surface area contributed by atoms with Crippen molar-refractivity contribution in [3.63, 3.8) is 0 Å². The molecular formula is C22H23N3O3. The van der Waals surface area contributed by atoms with Crippen molar-refractivity contribution in [2.75, 3.05) is 25.6 Å². The van der Waals surface area contributed by atoms with E-state index in [1.54, 1.807) is 19.1 Å². The Balaban J connectivity index is 1.74. The minimum atomic E-state index is -0.478. The van der Waals surface area contributed by atoms with Gasteiger partial charge in [0.1, 0.15) is 5.75 Å². The SMILES string of the molecule is COc1ccc([C@@H]2NC(=O)N(C)C3=C2C(=O)N(c2ccc(C)c(C)c2)C3)cc1. The van der Waals surface area contributed by atoms with Crippen molar-refractivity contribution >= 4 is 17.6 Å². The zero-order valence-corrected chi connectivity index (χ0v) is 16.4. The smallest absolute Gasteiger partial charge is 0.322 e. The van der Waals surface area contributed by atoms with E-state index in [0.29, 0.717) is 12.1 Å². The maximum Gasteiger partial charge on any atom is 0.322 e. The number of anilines is 1. The van der Waals surface area contributed by atoms with Gasteiger partial charge in [-0.2, -0.15) is 0 Å². The second-order valence-corrected chi connectivity index (χ2v) is 7.23. The number of ether oxygens (including phenoxy) is 1. The predicted molar refractivity (Wildman–Crippen MR) is 107 cm³/mol. The maximum atomic E-state index is 13.4. The molecule has 0 spiro atoms. The molecule has 6 nitrogen and oxygen atoms in total. The van der Waals surface area contributed by atoms with Gasteiger partial charge in [-0.15, -0.1) is 0 Å². The second kappa shape index (κ2) is 6.71. The van der Waals surface area contributed by atoms with Crippen LogP contribution in [0.3, 0.4) is 0 Å². The van der Waals surface area contributed by atoms with E-state index in [1.165, 1.54) is 10.5 Å². The molecule has 4 rings (SSSR count). The number of methoxy groups -OCH3 is 1. The van der Waals surface area contributed by atoms with Crippen molar-refractivity contribution in [1.29, 1.82) is 0 Å². The van der Waals surface area contributed by atoms with E-state index in [-0.39, 0.29) is 11.9 Å². The third-order valence-corrected chi connectivity index (χ3v) is 5.61. The normalized spacial score (nSPS) is 19.1. The highest BCUT2D eigenvalue weighted by atomic mass is 16.5. The highest BCUT2D eigenvalue weighted by molar-refractivity contribution is 6.11. The molecule has 0 unspecified atom stereocenters. The molecule has 0 fully saturated rings. The monoisotopic (exact) mass is 377 g/mol. The summed E-state index contributed by atoms with van der Waals surface area (Å²) >= 11 is 0. The van der Waals surface area contributed by atoms with Crippen molar-refractivity contribution in [1.82, 2.24) is 10.2 Å². The number of likely N-dealkylation sites (N-methyl/N-ethyl adjacent to an activating group) is 1. The molecule has 2 heterocycles. The van der Waals surface area contributed by atoms with Crippen molar-refractivity contribution in [2.24, 2.45) is 0 Å². The number of amides is 3. The summed E-state index contributed by atoms with van der Waals surface area (Å²) in [4.78, 5) is 29.2. The zero-order valence-electron chi connectivity index (χ0n) is 16.4. The Kier molecular flexibility index (Phi) is 4.34. The van der Waals surface area contributed by atoms with Crippen molar-refractivity contribution in [2.45, 2.75) is 19.9 Å². The lowest BCUT2D eigenvalue weighted by Crippen LogP contribution is -2.45. The van der Waals surface area contributed by atoms with E-state index in [2.05, 4.69) is 5.32 Å². The molecule has 0 bridgehead atoms. The topological polar surface area (TPSA) is 61.9 Å². The third-order valence-electron chi connectivity index (χ3n) is 5.61. The average molecular weight is 377 g/mol. The summed E-state index contributed by atoms with van der Waals surface area (Å²) in [6.07, 6.45) is 0. The van der Waals surface area contributed by atoms with Gasteiger partial charge in [-0.3, -0.25) is 9.69 Å². The quantitative estimate of drug-likeness (QED) is 0.893. The highest BCUT2D eigenvalue weighted by Crippen LogP contribution is 2.38. The number of nitrogens with one attached hydrogen (secondary N) is 1. The Morgan fingerprint density at radius 1 is 1.04 bits per heavy atom. The van der Waals surface area contributed by atoms with Crippen LogP contribution in [0.15, 0.2) is 53.7 Å². The van der Waals surface area contributed by atoms with Crippen LogP contribution >= 0.6 is 0 Å². The lowest BCUT2D eigenvalue weighted by Gasteiger charge is -2.31. The van der Waals surface area contributed by atoms with Gasteiger partial charge in [0.15, 0.2) is 0 Å². The molecule has 0 saturated heterocycles. The first-order chi connectivity index (χ1) is 13.4. The molecule has 1 atom stereocenters. The summed E-state index contributed by atoms with van der Waals surface area (Å²) in [5.74, 6) is 0.651. The van der Waals surface area contributed by atoms with E-state index in [4.69, 9.17) is 4.74 Å². The molecule has 2 aromatic rings. The Morgan fingerprint density at radius 3 is 2.39 bits per heavy atom. The molecule has 2 aromatic carbocycles. The molecule has 0 radical (unpaired) electrons. The van der Waals surface area contributed by atoms with Gasteiger partial charge < -0.3 is 15.0 Å². The van der Waals surface area contributed by atoms with Crippen LogP contribution in [0.25, 0.3) is 0 Å². The number of rotatable bonds is 3. The van der Waals surface area contributed by atoms with Crippen molar-refractivity contribution in [3.8, 4) is 5.75 Å². The average Bonchev–Trinajstić information content (AvgIpc) is 3.04. The summed E-state index contributed by atoms with van der Waals surface area (Å²) in [7, 11) is 3.31. The van der Waals surface area contributed by atoms with Crippen LogP contribution in [-0.2, 0) is 4.79 Å². The standard InChI is InChI=1S/C22H23N3O3/c1-13-5-8-16(11-14(13)2)25-12-18-19(21(25)26)20(23-22(27)24(18)3)15-6-9-17(28-4)10-7-15/h5-11,20H,12H2,1-4H3,(H,23,27)/t20-/m0/s1. The van der Waals surface area contributed by atoms with Gasteiger partial charge in [-0.25, -0.2) is 4.79 Å². The summed E-state index contributed by atoms with van der Waals surface area (Å²) in [6, 6.07) is 12.7. The number of urea groups is 1. The summed E-state index contributed by atoms with van der Waals surface area (Å²) in [5.41, 5.74) is 5.36. The molecule has 0 saturated carbocycles. The molecule has 3 amide bonds. The van der Waals surface area contributed by atoms with Crippen LogP contribution in [0, 0.1) is 13.8 Å². The Bertz CT molecular complexity index is 995. The van der Waals surface area contributed by atoms with Crippen LogP contribution < -0.4 is 15.0 Å². The lowest BCUT2D eigenvalue weighted by molar-refractivity contribution is -0.114.